The van der Waals surface area contributed by atoms with E-state index in [2.05, 4.69) is 48.5 Å². The lowest BCUT2D eigenvalue weighted by Crippen LogP contribution is -2.22. The standard InChI is InChI=1S/C16H23N3O/c1-13(2)17-12-15-8-10-19(18-15)16-7-5-4-6-14(16)9-11-20-3/h4-8,10,13,17H,9,11-12H2,1-3H3. The second-order valence-corrected chi connectivity index (χ2v) is 5.16. The summed E-state index contributed by atoms with van der Waals surface area (Å²) >= 11 is 0. The maximum atomic E-state index is 5.17. The van der Waals surface area contributed by atoms with Gasteiger partial charge < -0.3 is 10.1 Å². The van der Waals surface area contributed by atoms with E-state index in [0.29, 0.717) is 6.04 Å². The van der Waals surface area contributed by atoms with Crippen LogP contribution >= 0.6 is 0 Å². The first-order valence-electron chi connectivity index (χ1n) is 7.06. The highest BCUT2D eigenvalue weighted by molar-refractivity contribution is 5.40. The molecule has 0 aliphatic rings. The van der Waals surface area contributed by atoms with Crippen LogP contribution in [0.3, 0.4) is 0 Å². The first-order valence-corrected chi connectivity index (χ1v) is 7.06. The van der Waals surface area contributed by atoms with Gasteiger partial charge in [0.05, 0.1) is 18.0 Å². The molecule has 1 aromatic heterocycles. The van der Waals surface area contributed by atoms with E-state index >= 15 is 0 Å². The number of rotatable bonds is 7. The van der Waals surface area contributed by atoms with Crippen molar-refractivity contribution in [2.75, 3.05) is 13.7 Å². The fourth-order valence-electron chi connectivity index (χ4n) is 2.06. The van der Waals surface area contributed by atoms with Crippen molar-refractivity contribution in [3.63, 3.8) is 0 Å². The fourth-order valence-corrected chi connectivity index (χ4v) is 2.06. The maximum Gasteiger partial charge on any atom is 0.0766 e. The summed E-state index contributed by atoms with van der Waals surface area (Å²) in [7, 11) is 1.73. The Bertz CT molecular complexity index is 534. The van der Waals surface area contributed by atoms with Gasteiger partial charge in [0, 0.05) is 25.9 Å². The number of para-hydroxylation sites is 1. The highest BCUT2D eigenvalue weighted by Gasteiger charge is 2.06. The number of hydrogen-bond donors (Lipinski definition) is 1. The molecule has 0 spiro atoms. The lowest BCUT2D eigenvalue weighted by molar-refractivity contribution is 0.202. The van der Waals surface area contributed by atoms with Gasteiger partial charge >= 0.3 is 0 Å². The number of hydrogen-bond acceptors (Lipinski definition) is 3. The maximum absolute atomic E-state index is 5.17. The van der Waals surface area contributed by atoms with E-state index in [4.69, 9.17) is 4.74 Å². The molecular weight excluding hydrogens is 250 g/mol. The van der Waals surface area contributed by atoms with Gasteiger partial charge in [-0.15, -0.1) is 0 Å². The van der Waals surface area contributed by atoms with E-state index < -0.39 is 0 Å². The second kappa shape index (κ2) is 7.22. The molecule has 0 radical (unpaired) electrons. The Hall–Kier alpha value is -1.65. The molecule has 1 N–H and O–H groups in total. The number of benzene rings is 1. The highest BCUT2D eigenvalue weighted by Crippen LogP contribution is 2.15. The number of methoxy groups -OCH3 is 1. The lowest BCUT2D eigenvalue weighted by Gasteiger charge is -2.09. The highest BCUT2D eigenvalue weighted by atomic mass is 16.5. The smallest absolute Gasteiger partial charge is 0.0766 e. The van der Waals surface area contributed by atoms with Gasteiger partial charge in [-0.1, -0.05) is 32.0 Å². The molecular formula is C16H23N3O. The van der Waals surface area contributed by atoms with Crippen LogP contribution in [-0.2, 0) is 17.7 Å². The van der Waals surface area contributed by atoms with Crippen molar-refractivity contribution < 1.29 is 4.74 Å². The first-order chi connectivity index (χ1) is 9.70. The van der Waals surface area contributed by atoms with Crippen LogP contribution in [0, 0.1) is 0 Å². The Morgan fingerprint density at radius 3 is 2.80 bits per heavy atom. The zero-order chi connectivity index (χ0) is 14.4. The molecule has 0 bridgehead atoms. The van der Waals surface area contributed by atoms with E-state index in [-0.39, 0.29) is 0 Å². The Morgan fingerprint density at radius 2 is 2.05 bits per heavy atom. The van der Waals surface area contributed by atoms with E-state index in [1.54, 1.807) is 7.11 Å². The van der Waals surface area contributed by atoms with Crippen LogP contribution in [0.4, 0.5) is 0 Å². The zero-order valence-corrected chi connectivity index (χ0v) is 12.5. The monoisotopic (exact) mass is 273 g/mol. The van der Waals surface area contributed by atoms with Crippen LogP contribution in [0.2, 0.25) is 0 Å². The summed E-state index contributed by atoms with van der Waals surface area (Å²) in [6.45, 7) is 5.79. The van der Waals surface area contributed by atoms with Crippen molar-refractivity contribution in [3.05, 3.63) is 47.8 Å². The summed E-state index contributed by atoms with van der Waals surface area (Å²) in [6.07, 6.45) is 2.91. The third kappa shape index (κ3) is 3.92. The Kier molecular flexibility index (Phi) is 5.32. The van der Waals surface area contributed by atoms with E-state index in [1.807, 2.05) is 16.9 Å². The Labute approximate surface area is 120 Å². The first kappa shape index (κ1) is 14.8. The van der Waals surface area contributed by atoms with Gasteiger partial charge in [-0.3, -0.25) is 0 Å². The summed E-state index contributed by atoms with van der Waals surface area (Å²) in [5.41, 5.74) is 3.43. The van der Waals surface area contributed by atoms with Crippen molar-refractivity contribution in [1.29, 1.82) is 0 Å². The molecule has 0 atom stereocenters. The van der Waals surface area contributed by atoms with Crippen molar-refractivity contribution in [2.24, 2.45) is 0 Å². The molecule has 0 saturated carbocycles. The van der Waals surface area contributed by atoms with Crippen LogP contribution in [0.5, 0.6) is 0 Å². The molecule has 4 nitrogen and oxygen atoms in total. The summed E-state index contributed by atoms with van der Waals surface area (Å²) in [6, 6.07) is 10.8. The number of aromatic nitrogens is 2. The number of nitrogens with zero attached hydrogens (tertiary/aromatic N) is 2. The van der Waals surface area contributed by atoms with Crippen LogP contribution in [0.15, 0.2) is 36.5 Å². The molecule has 2 rings (SSSR count). The zero-order valence-electron chi connectivity index (χ0n) is 12.5. The molecule has 4 heteroatoms. The van der Waals surface area contributed by atoms with E-state index in [0.717, 1.165) is 31.0 Å². The van der Waals surface area contributed by atoms with Gasteiger partial charge in [-0.25, -0.2) is 4.68 Å². The summed E-state index contributed by atoms with van der Waals surface area (Å²) in [4.78, 5) is 0. The Morgan fingerprint density at radius 1 is 1.25 bits per heavy atom. The van der Waals surface area contributed by atoms with Crippen molar-refractivity contribution in [1.82, 2.24) is 15.1 Å². The molecule has 0 unspecified atom stereocenters. The van der Waals surface area contributed by atoms with Gasteiger partial charge in [0.1, 0.15) is 0 Å². The predicted octanol–water partition coefficient (Wildman–Crippen LogP) is 2.56. The minimum Gasteiger partial charge on any atom is -0.384 e. The second-order valence-electron chi connectivity index (χ2n) is 5.16. The van der Waals surface area contributed by atoms with Crippen molar-refractivity contribution in [2.45, 2.75) is 32.9 Å². The molecule has 0 amide bonds. The number of ether oxygens (including phenoxy) is 1. The molecule has 1 aromatic carbocycles. The van der Waals surface area contributed by atoms with Gasteiger partial charge in [-0.2, -0.15) is 5.10 Å². The topological polar surface area (TPSA) is 39.1 Å². The Balaban J connectivity index is 2.15. The largest absolute Gasteiger partial charge is 0.384 e. The average molecular weight is 273 g/mol. The SMILES string of the molecule is COCCc1ccccc1-n1ccc(CNC(C)C)n1. The van der Waals surface area contributed by atoms with Crippen LogP contribution in [0.25, 0.3) is 5.69 Å². The summed E-state index contributed by atoms with van der Waals surface area (Å²) in [5, 5.41) is 8.01. The average Bonchev–Trinajstić information content (AvgIpc) is 2.92. The normalized spacial score (nSPS) is 11.2. The van der Waals surface area contributed by atoms with Gasteiger partial charge in [0.2, 0.25) is 0 Å². The molecule has 0 saturated heterocycles. The molecule has 0 aliphatic carbocycles. The summed E-state index contributed by atoms with van der Waals surface area (Å²) in [5.74, 6) is 0. The molecule has 0 fully saturated rings. The fraction of sp³-hybridized carbons (Fsp3) is 0.438. The molecule has 20 heavy (non-hydrogen) atoms. The van der Waals surface area contributed by atoms with Gasteiger partial charge in [-0.05, 0) is 24.1 Å². The summed E-state index contributed by atoms with van der Waals surface area (Å²) < 4.78 is 7.11. The van der Waals surface area contributed by atoms with Gasteiger partial charge in [0.25, 0.3) is 0 Å². The van der Waals surface area contributed by atoms with E-state index in [9.17, 15) is 0 Å². The van der Waals surface area contributed by atoms with Gasteiger partial charge in [0.15, 0.2) is 0 Å². The molecule has 108 valence electrons. The van der Waals surface area contributed by atoms with Crippen LogP contribution in [-0.4, -0.2) is 29.5 Å². The predicted molar refractivity (Wildman–Crippen MR) is 81.1 cm³/mol. The molecule has 1 heterocycles. The lowest BCUT2D eigenvalue weighted by atomic mass is 10.1. The minimum absolute atomic E-state index is 0.467. The molecule has 2 aromatic rings. The van der Waals surface area contributed by atoms with Crippen molar-refractivity contribution >= 4 is 0 Å². The third-order valence-electron chi connectivity index (χ3n) is 3.15. The number of nitrogens with one attached hydrogen (secondary N) is 1. The van der Waals surface area contributed by atoms with Crippen LogP contribution < -0.4 is 5.32 Å². The third-order valence-corrected chi connectivity index (χ3v) is 3.15. The van der Waals surface area contributed by atoms with E-state index in [1.165, 1.54) is 5.56 Å². The quantitative estimate of drug-likeness (QED) is 0.842. The molecule has 0 aliphatic heterocycles. The van der Waals surface area contributed by atoms with Crippen molar-refractivity contribution in [3.8, 4) is 5.69 Å². The minimum atomic E-state index is 0.467. The van der Waals surface area contributed by atoms with Crippen LogP contribution in [0.1, 0.15) is 25.1 Å².